The van der Waals surface area contributed by atoms with Crippen LogP contribution in [0, 0.1) is 5.92 Å². The van der Waals surface area contributed by atoms with Crippen molar-refractivity contribution in [2.75, 3.05) is 0 Å². The minimum Gasteiger partial charge on any atom is -0.392 e. The highest BCUT2D eigenvalue weighted by Gasteiger charge is 2.40. The van der Waals surface area contributed by atoms with E-state index in [1.807, 2.05) is 30.3 Å². The Bertz CT molecular complexity index is 308. The number of rotatable bonds is 4. The summed E-state index contributed by atoms with van der Waals surface area (Å²) in [5.41, 5.74) is 0.941. The van der Waals surface area contributed by atoms with Gasteiger partial charge in [0, 0.05) is 0 Å². The Hall–Kier alpha value is -1.03. The van der Waals surface area contributed by atoms with Crippen LogP contribution < -0.4 is 0 Å². The molecule has 0 radical (unpaired) electrons. The summed E-state index contributed by atoms with van der Waals surface area (Å²) in [6.07, 6.45) is -5.07. The first-order valence-corrected chi connectivity index (χ1v) is 5.20. The summed E-state index contributed by atoms with van der Waals surface area (Å²) in [5.74, 6) is -1.67. The monoisotopic (exact) mass is 232 g/mol. The van der Waals surface area contributed by atoms with Crippen molar-refractivity contribution < 1.29 is 18.3 Å². The average molecular weight is 232 g/mol. The number of hydrogen-bond acceptors (Lipinski definition) is 1. The largest absolute Gasteiger partial charge is 0.394 e. The van der Waals surface area contributed by atoms with E-state index in [2.05, 4.69) is 0 Å². The highest BCUT2D eigenvalue weighted by Crippen LogP contribution is 2.29. The quantitative estimate of drug-likeness (QED) is 0.845. The van der Waals surface area contributed by atoms with Crippen LogP contribution in [0.1, 0.15) is 18.9 Å². The van der Waals surface area contributed by atoms with Crippen molar-refractivity contribution in [3.63, 3.8) is 0 Å². The number of aliphatic hydroxyl groups is 1. The summed E-state index contributed by atoms with van der Waals surface area (Å²) in [4.78, 5) is 0. The zero-order chi connectivity index (χ0) is 12.2. The molecule has 90 valence electrons. The van der Waals surface area contributed by atoms with Gasteiger partial charge in [-0.3, -0.25) is 0 Å². The maximum Gasteiger partial charge on any atom is 0.394 e. The molecule has 0 bridgehead atoms. The summed E-state index contributed by atoms with van der Waals surface area (Å²) in [5, 5.41) is 9.39. The van der Waals surface area contributed by atoms with Gasteiger partial charge in [-0.1, -0.05) is 37.3 Å². The molecule has 0 aliphatic heterocycles. The van der Waals surface area contributed by atoms with Gasteiger partial charge in [0.1, 0.15) is 0 Å². The first-order chi connectivity index (χ1) is 7.41. The molecule has 1 aromatic carbocycles. The second kappa shape index (κ2) is 5.34. The Labute approximate surface area is 92.9 Å². The third-order valence-corrected chi connectivity index (χ3v) is 2.67. The molecule has 0 aliphatic carbocycles. The van der Waals surface area contributed by atoms with Gasteiger partial charge in [0.15, 0.2) is 0 Å². The molecule has 0 aromatic heterocycles. The van der Waals surface area contributed by atoms with Gasteiger partial charge >= 0.3 is 6.18 Å². The van der Waals surface area contributed by atoms with E-state index in [0.717, 1.165) is 12.5 Å². The lowest BCUT2D eigenvalue weighted by molar-refractivity contribution is -0.194. The van der Waals surface area contributed by atoms with Crippen LogP contribution in [0.4, 0.5) is 13.2 Å². The lowest BCUT2D eigenvalue weighted by Gasteiger charge is -2.21. The number of alkyl halides is 3. The van der Waals surface area contributed by atoms with E-state index < -0.39 is 18.2 Å². The molecule has 0 saturated carbocycles. The highest BCUT2D eigenvalue weighted by atomic mass is 19.4. The van der Waals surface area contributed by atoms with Crippen LogP contribution in [-0.2, 0) is 6.42 Å². The molecule has 2 atom stereocenters. The van der Waals surface area contributed by atoms with Gasteiger partial charge in [-0.2, -0.15) is 13.2 Å². The maximum atomic E-state index is 12.3. The first-order valence-electron chi connectivity index (χ1n) is 5.20. The smallest absolute Gasteiger partial charge is 0.392 e. The lowest BCUT2D eigenvalue weighted by Crippen LogP contribution is -2.31. The predicted octanol–water partition coefficient (Wildman–Crippen LogP) is 3.18. The fourth-order valence-electron chi connectivity index (χ4n) is 1.43. The van der Waals surface area contributed by atoms with E-state index in [9.17, 15) is 18.3 Å². The Morgan fingerprint density at radius 3 is 2.25 bits per heavy atom. The molecule has 1 rings (SSSR count). The van der Waals surface area contributed by atoms with Gasteiger partial charge in [0.05, 0.1) is 12.0 Å². The van der Waals surface area contributed by atoms with E-state index in [1.54, 1.807) is 0 Å². The van der Waals surface area contributed by atoms with Crippen LogP contribution in [0.15, 0.2) is 30.3 Å². The molecule has 1 aromatic rings. The first kappa shape index (κ1) is 13.0. The van der Waals surface area contributed by atoms with Crippen molar-refractivity contribution in [2.24, 2.45) is 5.92 Å². The Kier molecular flexibility index (Phi) is 4.35. The van der Waals surface area contributed by atoms with E-state index in [4.69, 9.17) is 0 Å². The number of hydrogen-bond donors (Lipinski definition) is 1. The van der Waals surface area contributed by atoms with Crippen LogP contribution in [0.2, 0.25) is 0 Å². The molecule has 0 saturated heterocycles. The van der Waals surface area contributed by atoms with E-state index in [0.29, 0.717) is 6.42 Å². The fourth-order valence-corrected chi connectivity index (χ4v) is 1.43. The topological polar surface area (TPSA) is 20.2 Å². The van der Waals surface area contributed by atoms with Gasteiger partial charge in [0.25, 0.3) is 0 Å². The van der Waals surface area contributed by atoms with E-state index >= 15 is 0 Å². The van der Waals surface area contributed by atoms with Gasteiger partial charge < -0.3 is 5.11 Å². The van der Waals surface area contributed by atoms with Gasteiger partial charge in [0.2, 0.25) is 0 Å². The van der Waals surface area contributed by atoms with Crippen molar-refractivity contribution in [1.29, 1.82) is 0 Å². The molecule has 2 unspecified atom stereocenters. The third kappa shape index (κ3) is 3.85. The Balaban J connectivity index is 2.44. The fraction of sp³-hybridized carbons (Fsp3) is 0.500. The number of aliphatic hydroxyl groups excluding tert-OH is 1. The normalized spacial score (nSPS) is 15.8. The van der Waals surface area contributed by atoms with Crippen LogP contribution in [0.5, 0.6) is 0 Å². The minimum absolute atomic E-state index is 0.130. The Morgan fingerprint density at radius 1 is 1.19 bits per heavy atom. The number of benzene rings is 1. The molecule has 0 aliphatic rings. The van der Waals surface area contributed by atoms with Crippen LogP contribution in [-0.4, -0.2) is 17.4 Å². The van der Waals surface area contributed by atoms with Crippen molar-refractivity contribution in [3.8, 4) is 0 Å². The number of halogens is 3. The predicted molar refractivity (Wildman–Crippen MR) is 56.0 cm³/mol. The summed E-state index contributed by atoms with van der Waals surface area (Å²) < 4.78 is 36.8. The molecule has 0 heterocycles. The summed E-state index contributed by atoms with van der Waals surface area (Å²) in [6.45, 7) is 1.01. The molecule has 4 heteroatoms. The molecule has 16 heavy (non-hydrogen) atoms. The summed E-state index contributed by atoms with van der Waals surface area (Å²) in [7, 11) is 0. The molecule has 1 N–H and O–H groups in total. The Morgan fingerprint density at radius 2 is 1.75 bits per heavy atom. The van der Waals surface area contributed by atoms with Gasteiger partial charge in [-0.25, -0.2) is 0 Å². The minimum atomic E-state index is -4.32. The van der Waals surface area contributed by atoms with Gasteiger partial charge in [-0.15, -0.1) is 0 Å². The van der Waals surface area contributed by atoms with E-state index in [-0.39, 0.29) is 6.42 Å². The second-order valence-electron chi connectivity index (χ2n) is 3.92. The zero-order valence-electron chi connectivity index (χ0n) is 9.04. The standard InChI is InChI=1S/C12H15F3O/c1-9(12(13,14)15)11(16)8-7-10-5-3-2-4-6-10/h2-6,9,11,16H,7-8H2,1H3. The van der Waals surface area contributed by atoms with Gasteiger partial charge in [-0.05, 0) is 18.4 Å². The maximum absolute atomic E-state index is 12.3. The van der Waals surface area contributed by atoms with Crippen LogP contribution in [0.3, 0.4) is 0 Å². The van der Waals surface area contributed by atoms with Crippen LogP contribution in [0.25, 0.3) is 0 Å². The molecular weight excluding hydrogens is 217 g/mol. The van der Waals surface area contributed by atoms with Crippen LogP contribution >= 0.6 is 0 Å². The zero-order valence-corrected chi connectivity index (χ0v) is 9.04. The molecule has 1 nitrogen and oxygen atoms in total. The number of aryl methyl sites for hydroxylation is 1. The summed E-state index contributed by atoms with van der Waals surface area (Å²) >= 11 is 0. The van der Waals surface area contributed by atoms with E-state index in [1.165, 1.54) is 0 Å². The second-order valence-corrected chi connectivity index (χ2v) is 3.92. The molecular formula is C12H15F3O. The lowest BCUT2D eigenvalue weighted by atomic mass is 9.97. The SMILES string of the molecule is CC(C(O)CCc1ccccc1)C(F)(F)F. The van der Waals surface area contributed by atoms with Crippen molar-refractivity contribution in [1.82, 2.24) is 0 Å². The summed E-state index contributed by atoms with van der Waals surface area (Å²) in [6, 6.07) is 9.18. The highest BCUT2D eigenvalue weighted by molar-refractivity contribution is 5.14. The molecule has 0 spiro atoms. The third-order valence-electron chi connectivity index (χ3n) is 2.67. The average Bonchev–Trinajstić information content (AvgIpc) is 2.25. The van der Waals surface area contributed by atoms with Crippen molar-refractivity contribution >= 4 is 0 Å². The molecule has 0 fully saturated rings. The molecule has 0 amide bonds. The van der Waals surface area contributed by atoms with Crippen molar-refractivity contribution in [3.05, 3.63) is 35.9 Å². The van der Waals surface area contributed by atoms with Crippen molar-refractivity contribution in [2.45, 2.75) is 32.0 Å².